The summed E-state index contributed by atoms with van der Waals surface area (Å²) in [5.41, 5.74) is 0. The molecule has 4 nitrogen and oxygen atoms in total. The van der Waals surface area contributed by atoms with E-state index >= 15 is 0 Å². The van der Waals surface area contributed by atoms with Crippen molar-refractivity contribution in [2.45, 2.75) is 51.1 Å². The number of nitrogens with zero attached hydrogens (tertiary/aromatic N) is 4. The van der Waals surface area contributed by atoms with Gasteiger partial charge in [-0.2, -0.15) is 5.10 Å². The van der Waals surface area contributed by atoms with Gasteiger partial charge in [0.15, 0.2) is 5.82 Å². The third kappa shape index (κ3) is 1.75. The van der Waals surface area contributed by atoms with Crippen LogP contribution in [0.15, 0.2) is 0 Å². The van der Waals surface area contributed by atoms with Crippen LogP contribution in [0.5, 0.6) is 0 Å². The Kier molecular flexibility index (Phi) is 2.67. The van der Waals surface area contributed by atoms with Crippen molar-refractivity contribution < 1.29 is 0 Å². The molecule has 0 saturated carbocycles. The first kappa shape index (κ1) is 10.3. The molecule has 88 valence electrons. The maximum Gasteiger partial charge on any atom is 0.168 e. The number of hydrogen-bond donors (Lipinski definition) is 0. The minimum Gasteiger partial charge on any atom is -0.296 e. The van der Waals surface area contributed by atoms with E-state index in [4.69, 9.17) is 4.98 Å². The van der Waals surface area contributed by atoms with Gasteiger partial charge in [-0.15, -0.1) is 0 Å². The number of piperidine rings is 1. The third-order valence-electron chi connectivity index (χ3n) is 3.85. The lowest BCUT2D eigenvalue weighted by Gasteiger charge is -2.30. The van der Waals surface area contributed by atoms with E-state index in [9.17, 15) is 0 Å². The van der Waals surface area contributed by atoms with E-state index in [0.717, 1.165) is 18.8 Å². The van der Waals surface area contributed by atoms with Gasteiger partial charge in [-0.3, -0.25) is 4.90 Å². The molecule has 2 aliphatic heterocycles. The van der Waals surface area contributed by atoms with Crippen LogP contribution in [0.1, 0.15) is 49.8 Å². The van der Waals surface area contributed by atoms with Gasteiger partial charge in [-0.1, -0.05) is 6.42 Å². The van der Waals surface area contributed by atoms with Gasteiger partial charge in [0.05, 0.1) is 6.04 Å². The first-order valence-corrected chi connectivity index (χ1v) is 6.48. The molecule has 0 radical (unpaired) electrons. The minimum absolute atomic E-state index is 0.465. The molecule has 0 amide bonds. The fourth-order valence-corrected chi connectivity index (χ4v) is 2.84. The Morgan fingerprint density at radius 3 is 2.81 bits per heavy atom. The number of hydrogen-bond acceptors (Lipinski definition) is 3. The summed E-state index contributed by atoms with van der Waals surface area (Å²) in [7, 11) is 2.20. The van der Waals surface area contributed by atoms with Gasteiger partial charge >= 0.3 is 0 Å². The normalized spacial score (nSPS) is 26.7. The van der Waals surface area contributed by atoms with Crippen LogP contribution >= 0.6 is 0 Å². The molecule has 4 heteroatoms. The molecule has 0 bridgehead atoms. The molecule has 1 fully saturated rings. The van der Waals surface area contributed by atoms with Crippen LogP contribution in [-0.2, 0) is 13.0 Å². The summed E-state index contributed by atoms with van der Waals surface area (Å²) < 4.78 is 2.13. The molecule has 0 spiro atoms. The second-order valence-electron chi connectivity index (χ2n) is 5.06. The van der Waals surface area contributed by atoms with Gasteiger partial charge in [0.25, 0.3) is 0 Å². The van der Waals surface area contributed by atoms with Gasteiger partial charge < -0.3 is 0 Å². The average molecular weight is 220 g/mol. The monoisotopic (exact) mass is 220 g/mol. The zero-order valence-electron chi connectivity index (χ0n) is 10.0. The highest BCUT2D eigenvalue weighted by atomic mass is 15.4. The average Bonchev–Trinajstić information content (AvgIpc) is 2.73. The lowest BCUT2D eigenvalue weighted by molar-refractivity contribution is 0.179. The maximum absolute atomic E-state index is 4.74. The van der Waals surface area contributed by atoms with Crippen LogP contribution in [0.25, 0.3) is 0 Å². The summed E-state index contributed by atoms with van der Waals surface area (Å²) in [4.78, 5) is 7.14. The molecule has 1 aromatic rings. The Bertz CT molecular complexity index is 348. The standard InChI is InChI=1S/C12H20N4/c1-15-8-4-2-6-10(15)12-13-11-7-3-5-9-16(11)14-12/h10H,2-9H2,1H3. The van der Waals surface area contributed by atoms with Crippen LogP contribution in [0.3, 0.4) is 0 Å². The highest BCUT2D eigenvalue weighted by Gasteiger charge is 2.26. The SMILES string of the molecule is CN1CCCCC1c1nc2n(n1)CCCC2. The van der Waals surface area contributed by atoms with Gasteiger partial charge in [-0.25, -0.2) is 9.67 Å². The predicted molar refractivity (Wildman–Crippen MR) is 62.2 cm³/mol. The zero-order chi connectivity index (χ0) is 11.0. The maximum atomic E-state index is 4.74. The van der Waals surface area contributed by atoms with Crippen molar-refractivity contribution in [3.05, 3.63) is 11.6 Å². The third-order valence-corrected chi connectivity index (χ3v) is 3.85. The van der Waals surface area contributed by atoms with Crippen LogP contribution in [0, 0.1) is 0 Å². The minimum atomic E-state index is 0.465. The summed E-state index contributed by atoms with van der Waals surface area (Å²) in [6, 6.07) is 0.465. The lowest BCUT2D eigenvalue weighted by atomic mass is 10.0. The van der Waals surface area contributed by atoms with Crippen LogP contribution in [-0.4, -0.2) is 33.3 Å². The molecule has 1 atom stereocenters. The van der Waals surface area contributed by atoms with Crippen LogP contribution < -0.4 is 0 Å². The molecule has 3 heterocycles. The fourth-order valence-electron chi connectivity index (χ4n) is 2.84. The molecule has 2 aliphatic rings. The molecule has 16 heavy (non-hydrogen) atoms. The van der Waals surface area contributed by atoms with E-state index in [1.807, 2.05) is 0 Å². The number of rotatable bonds is 1. The number of likely N-dealkylation sites (tertiary alicyclic amines) is 1. The number of fused-ring (bicyclic) bond motifs is 1. The zero-order valence-corrected chi connectivity index (χ0v) is 10.0. The molecule has 1 unspecified atom stereocenters. The topological polar surface area (TPSA) is 34.0 Å². The fraction of sp³-hybridized carbons (Fsp3) is 0.833. The second-order valence-corrected chi connectivity index (χ2v) is 5.06. The molecule has 1 saturated heterocycles. The van der Waals surface area contributed by atoms with Crippen molar-refractivity contribution in [2.24, 2.45) is 0 Å². The number of aryl methyl sites for hydroxylation is 2. The Morgan fingerprint density at radius 2 is 2.00 bits per heavy atom. The lowest BCUT2D eigenvalue weighted by Crippen LogP contribution is -2.30. The summed E-state index contributed by atoms with van der Waals surface area (Å²) in [5, 5.41) is 4.69. The van der Waals surface area contributed by atoms with E-state index in [0.29, 0.717) is 6.04 Å². The quantitative estimate of drug-likeness (QED) is 0.723. The molecular formula is C12H20N4. The smallest absolute Gasteiger partial charge is 0.168 e. The van der Waals surface area contributed by atoms with Crippen LogP contribution in [0.4, 0.5) is 0 Å². The molecular weight excluding hydrogens is 200 g/mol. The summed E-state index contributed by atoms with van der Waals surface area (Å²) in [6.45, 7) is 2.26. The Balaban J connectivity index is 1.85. The number of aromatic nitrogens is 3. The van der Waals surface area contributed by atoms with Gasteiger partial charge in [0, 0.05) is 13.0 Å². The van der Waals surface area contributed by atoms with Gasteiger partial charge in [0.1, 0.15) is 5.82 Å². The predicted octanol–water partition coefficient (Wildman–Crippen LogP) is 1.77. The Morgan fingerprint density at radius 1 is 1.12 bits per heavy atom. The van der Waals surface area contributed by atoms with Gasteiger partial charge in [0.2, 0.25) is 0 Å². The molecule has 0 N–H and O–H groups in total. The highest BCUT2D eigenvalue weighted by molar-refractivity contribution is 5.01. The molecule has 1 aromatic heterocycles. The van der Waals surface area contributed by atoms with Crippen molar-refractivity contribution in [3.8, 4) is 0 Å². The van der Waals surface area contributed by atoms with Crippen molar-refractivity contribution in [1.29, 1.82) is 0 Å². The first-order chi connectivity index (χ1) is 7.84. The summed E-state index contributed by atoms with van der Waals surface area (Å²) in [6.07, 6.45) is 7.51. The van der Waals surface area contributed by atoms with E-state index < -0.39 is 0 Å². The van der Waals surface area contributed by atoms with E-state index in [2.05, 4.69) is 21.7 Å². The van der Waals surface area contributed by atoms with Crippen molar-refractivity contribution in [2.75, 3.05) is 13.6 Å². The largest absolute Gasteiger partial charge is 0.296 e. The van der Waals surface area contributed by atoms with Crippen molar-refractivity contribution >= 4 is 0 Å². The van der Waals surface area contributed by atoms with Crippen LogP contribution in [0.2, 0.25) is 0 Å². The molecule has 0 aromatic carbocycles. The first-order valence-electron chi connectivity index (χ1n) is 6.48. The van der Waals surface area contributed by atoms with Crippen molar-refractivity contribution in [3.63, 3.8) is 0 Å². The van der Waals surface area contributed by atoms with E-state index in [-0.39, 0.29) is 0 Å². The summed E-state index contributed by atoms with van der Waals surface area (Å²) >= 11 is 0. The summed E-state index contributed by atoms with van der Waals surface area (Å²) in [5.74, 6) is 2.28. The Hall–Kier alpha value is -0.900. The van der Waals surface area contributed by atoms with E-state index in [1.165, 1.54) is 44.5 Å². The molecule has 3 rings (SSSR count). The molecule has 0 aliphatic carbocycles. The second kappa shape index (κ2) is 4.17. The Labute approximate surface area is 96.7 Å². The highest BCUT2D eigenvalue weighted by Crippen LogP contribution is 2.28. The van der Waals surface area contributed by atoms with Crippen molar-refractivity contribution in [1.82, 2.24) is 19.7 Å². The van der Waals surface area contributed by atoms with E-state index in [1.54, 1.807) is 0 Å². The van der Waals surface area contributed by atoms with Gasteiger partial charge in [-0.05, 0) is 39.3 Å².